The highest BCUT2D eigenvalue weighted by Crippen LogP contribution is 2.23. The summed E-state index contributed by atoms with van der Waals surface area (Å²) in [6, 6.07) is 26.1. The molecule has 0 aliphatic carbocycles. The van der Waals surface area contributed by atoms with Gasteiger partial charge in [-0.1, -0.05) is 64.5 Å². The molecule has 0 fully saturated rings. The van der Waals surface area contributed by atoms with Crippen LogP contribution in [-0.4, -0.2) is 13.1 Å². The van der Waals surface area contributed by atoms with Crippen LogP contribution >= 0.6 is 15.9 Å². The number of esters is 1. The molecule has 3 rings (SSSR count). The summed E-state index contributed by atoms with van der Waals surface area (Å²) >= 11 is 3.44. The van der Waals surface area contributed by atoms with E-state index in [2.05, 4.69) is 46.3 Å². The predicted octanol–water partition coefficient (Wildman–Crippen LogP) is 5.95. The van der Waals surface area contributed by atoms with Crippen molar-refractivity contribution in [2.24, 2.45) is 5.92 Å². The molecule has 3 aromatic carbocycles. The van der Waals surface area contributed by atoms with Crippen molar-refractivity contribution in [1.82, 2.24) is 0 Å². The minimum Gasteiger partial charge on any atom is -0.469 e. The molecular formula is C25H22BrNO2. The first-order chi connectivity index (χ1) is 14.1. The highest BCUT2D eigenvalue weighted by Gasteiger charge is 2.19. The second kappa shape index (κ2) is 10.0. The molecule has 0 aromatic heterocycles. The van der Waals surface area contributed by atoms with Crippen LogP contribution in [0.15, 0.2) is 77.3 Å². The molecule has 146 valence electrons. The molecule has 4 heteroatoms. The van der Waals surface area contributed by atoms with Gasteiger partial charge in [0.05, 0.1) is 24.7 Å². The van der Waals surface area contributed by atoms with Gasteiger partial charge < -0.3 is 4.74 Å². The Hall–Kier alpha value is -2.90. The van der Waals surface area contributed by atoms with Gasteiger partial charge in [-0.25, -0.2) is 0 Å². The van der Waals surface area contributed by atoms with E-state index in [4.69, 9.17) is 10.00 Å². The van der Waals surface area contributed by atoms with E-state index >= 15 is 0 Å². The van der Waals surface area contributed by atoms with E-state index in [0.717, 1.165) is 34.0 Å². The van der Waals surface area contributed by atoms with Gasteiger partial charge in [0.1, 0.15) is 0 Å². The van der Waals surface area contributed by atoms with Crippen molar-refractivity contribution in [3.05, 3.63) is 94.0 Å². The number of ether oxygens (including phenoxy) is 1. The Morgan fingerprint density at radius 1 is 1.00 bits per heavy atom. The fourth-order valence-corrected chi connectivity index (χ4v) is 3.61. The summed E-state index contributed by atoms with van der Waals surface area (Å²) in [5.74, 6) is -0.342. The van der Waals surface area contributed by atoms with Crippen molar-refractivity contribution in [2.75, 3.05) is 7.11 Å². The number of hydrogen-bond acceptors (Lipinski definition) is 3. The summed E-state index contributed by atoms with van der Waals surface area (Å²) in [6.07, 6.45) is 2.19. The van der Waals surface area contributed by atoms with E-state index in [-0.39, 0.29) is 11.9 Å². The lowest BCUT2D eigenvalue weighted by atomic mass is 9.92. The molecule has 0 amide bonds. The highest BCUT2D eigenvalue weighted by molar-refractivity contribution is 9.10. The molecule has 0 saturated heterocycles. The lowest BCUT2D eigenvalue weighted by molar-refractivity contribution is -0.145. The molecule has 0 aliphatic rings. The minimum atomic E-state index is -0.173. The second-order valence-corrected chi connectivity index (χ2v) is 7.89. The normalized spacial score (nSPS) is 11.5. The van der Waals surface area contributed by atoms with Gasteiger partial charge in [0.15, 0.2) is 0 Å². The molecule has 0 N–H and O–H groups in total. The van der Waals surface area contributed by atoms with Crippen LogP contribution in [-0.2, 0) is 22.4 Å². The molecule has 1 unspecified atom stereocenters. The number of carbonyl (C=O) groups is 1. The average molecular weight is 448 g/mol. The summed E-state index contributed by atoms with van der Waals surface area (Å²) in [4.78, 5) is 12.2. The Morgan fingerprint density at radius 2 is 1.69 bits per heavy atom. The van der Waals surface area contributed by atoms with E-state index in [0.29, 0.717) is 12.0 Å². The van der Waals surface area contributed by atoms with Gasteiger partial charge in [-0.2, -0.15) is 5.26 Å². The summed E-state index contributed by atoms with van der Waals surface area (Å²) in [6.45, 7) is 0. The average Bonchev–Trinajstić information content (AvgIpc) is 2.77. The molecule has 0 heterocycles. The summed E-state index contributed by atoms with van der Waals surface area (Å²) in [5, 5.41) is 9.07. The number of nitrogens with zero attached hydrogens (tertiary/aromatic N) is 1. The number of rotatable bonds is 7. The number of benzene rings is 3. The Labute approximate surface area is 180 Å². The predicted molar refractivity (Wildman–Crippen MR) is 118 cm³/mol. The highest BCUT2D eigenvalue weighted by atomic mass is 79.9. The van der Waals surface area contributed by atoms with Crippen molar-refractivity contribution in [3.63, 3.8) is 0 Å². The van der Waals surface area contributed by atoms with Crippen molar-refractivity contribution in [1.29, 1.82) is 5.26 Å². The van der Waals surface area contributed by atoms with Gasteiger partial charge in [0.2, 0.25) is 0 Å². The molecule has 0 saturated carbocycles. The van der Waals surface area contributed by atoms with Gasteiger partial charge in [0, 0.05) is 4.47 Å². The number of hydrogen-bond donors (Lipinski definition) is 0. The molecule has 3 aromatic rings. The topological polar surface area (TPSA) is 50.1 Å². The zero-order valence-corrected chi connectivity index (χ0v) is 17.9. The maximum atomic E-state index is 12.2. The van der Waals surface area contributed by atoms with Crippen LogP contribution < -0.4 is 0 Å². The van der Waals surface area contributed by atoms with Crippen LogP contribution in [0.4, 0.5) is 0 Å². The number of methoxy groups -OCH3 is 1. The smallest absolute Gasteiger partial charge is 0.309 e. The zero-order valence-electron chi connectivity index (χ0n) is 16.3. The van der Waals surface area contributed by atoms with Crippen LogP contribution in [0, 0.1) is 17.2 Å². The van der Waals surface area contributed by atoms with Crippen molar-refractivity contribution in [2.45, 2.75) is 19.3 Å². The number of carbonyl (C=O) groups excluding carboxylic acids is 1. The molecule has 0 radical (unpaired) electrons. The maximum absolute atomic E-state index is 12.2. The fraction of sp³-hybridized carbons (Fsp3) is 0.200. The van der Waals surface area contributed by atoms with E-state index in [9.17, 15) is 4.79 Å². The Morgan fingerprint density at radius 3 is 2.34 bits per heavy atom. The quantitative estimate of drug-likeness (QED) is 0.420. The van der Waals surface area contributed by atoms with Crippen LogP contribution in [0.25, 0.3) is 11.1 Å². The van der Waals surface area contributed by atoms with Gasteiger partial charge >= 0.3 is 5.97 Å². The van der Waals surface area contributed by atoms with E-state index in [1.165, 1.54) is 12.7 Å². The Kier molecular flexibility index (Phi) is 7.21. The van der Waals surface area contributed by atoms with Gasteiger partial charge in [-0.05, 0) is 65.8 Å². The summed E-state index contributed by atoms with van der Waals surface area (Å²) in [5.41, 5.74) is 5.05. The van der Waals surface area contributed by atoms with E-state index in [1.807, 2.05) is 42.5 Å². The molecular weight excluding hydrogens is 426 g/mol. The number of aryl methyl sites for hydroxylation is 1. The van der Waals surface area contributed by atoms with Crippen molar-refractivity contribution < 1.29 is 9.53 Å². The second-order valence-electron chi connectivity index (χ2n) is 6.98. The van der Waals surface area contributed by atoms with E-state index in [1.54, 1.807) is 6.07 Å². The third kappa shape index (κ3) is 5.79. The SMILES string of the molecule is COC(=O)C(CCc1ccc(-c2cccc(C#N)c2)cc1)Cc1ccc(Br)cc1. The van der Waals surface area contributed by atoms with Crippen molar-refractivity contribution in [3.8, 4) is 17.2 Å². The Bertz CT molecular complexity index is 1000. The summed E-state index contributed by atoms with van der Waals surface area (Å²) in [7, 11) is 1.45. The van der Waals surface area contributed by atoms with Crippen LogP contribution in [0.2, 0.25) is 0 Å². The summed E-state index contributed by atoms with van der Waals surface area (Å²) < 4.78 is 6.05. The standard InChI is InChI=1S/C25H22BrNO2/c1-29-25(28)23(15-19-8-13-24(26)14-9-19)12-7-18-5-10-21(11-6-18)22-4-2-3-20(16-22)17-27/h2-6,8-11,13-14,16,23H,7,12,15H2,1H3. The zero-order chi connectivity index (χ0) is 20.6. The first kappa shape index (κ1) is 20.8. The Balaban J connectivity index is 1.66. The molecule has 1 atom stereocenters. The first-order valence-corrected chi connectivity index (χ1v) is 10.3. The third-order valence-electron chi connectivity index (χ3n) is 4.99. The minimum absolute atomic E-state index is 0.169. The van der Waals surface area contributed by atoms with Gasteiger partial charge in [-0.3, -0.25) is 4.79 Å². The molecule has 0 spiro atoms. The van der Waals surface area contributed by atoms with Gasteiger partial charge in [0.25, 0.3) is 0 Å². The first-order valence-electron chi connectivity index (χ1n) is 9.51. The maximum Gasteiger partial charge on any atom is 0.309 e. The number of halogens is 1. The van der Waals surface area contributed by atoms with Crippen LogP contribution in [0.3, 0.4) is 0 Å². The van der Waals surface area contributed by atoms with Crippen LogP contribution in [0.5, 0.6) is 0 Å². The third-order valence-corrected chi connectivity index (χ3v) is 5.52. The largest absolute Gasteiger partial charge is 0.469 e. The fourth-order valence-electron chi connectivity index (χ4n) is 3.35. The lowest BCUT2D eigenvalue weighted by Gasteiger charge is -2.15. The van der Waals surface area contributed by atoms with Crippen LogP contribution in [0.1, 0.15) is 23.1 Å². The van der Waals surface area contributed by atoms with E-state index < -0.39 is 0 Å². The molecule has 3 nitrogen and oxygen atoms in total. The molecule has 0 aliphatic heterocycles. The lowest BCUT2D eigenvalue weighted by Crippen LogP contribution is -2.19. The monoisotopic (exact) mass is 447 g/mol. The molecule has 0 bridgehead atoms. The van der Waals surface area contributed by atoms with Crippen molar-refractivity contribution >= 4 is 21.9 Å². The number of nitriles is 1. The molecule has 29 heavy (non-hydrogen) atoms. The van der Waals surface area contributed by atoms with Gasteiger partial charge in [-0.15, -0.1) is 0 Å².